The van der Waals surface area contributed by atoms with Gasteiger partial charge < -0.3 is 67.9 Å². The highest BCUT2D eigenvalue weighted by Gasteiger charge is 2.26. The highest BCUT2D eigenvalue weighted by Crippen LogP contribution is 2.30. The normalized spacial score (nSPS) is 13.3. The zero-order chi connectivity index (χ0) is 68.5. The lowest BCUT2D eigenvalue weighted by molar-refractivity contribution is 0.0590. The first-order valence-corrected chi connectivity index (χ1v) is 30.5. The van der Waals surface area contributed by atoms with Crippen molar-refractivity contribution in [2.24, 2.45) is 0 Å². The molecule has 500 valence electrons. The van der Waals surface area contributed by atoms with Crippen LogP contribution in [0.15, 0.2) is 121 Å². The molecular weight excluding hydrogens is 1270 g/mol. The summed E-state index contributed by atoms with van der Waals surface area (Å²) in [5.41, 5.74) is 2.40. The third-order valence-corrected chi connectivity index (χ3v) is 14.7. The Bertz CT molecular complexity index is 3790. The average Bonchev–Trinajstić information content (AvgIpc) is 0.892. The molecule has 2 atom stereocenters. The van der Waals surface area contributed by atoms with Gasteiger partial charge in [0.2, 0.25) is 11.8 Å². The van der Waals surface area contributed by atoms with Crippen molar-refractivity contribution in [2.75, 3.05) is 88.0 Å². The lowest BCUT2D eigenvalue weighted by atomic mass is 10.2. The number of hydrogen-bond acceptors (Lipinski definition) is 26. The van der Waals surface area contributed by atoms with Crippen LogP contribution in [0.1, 0.15) is 101 Å². The van der Waals surface area contributed by atoms with Gasteiger partial charge in [-0.15, -0.1) is 0 Å². The van der Waals surface area contributed by atoms with Gasteiger partial charge in [-0.1, -0.05) is 29.3 Å². The molecule has 3 fully saturated rings. The van der Waals surface area contributed by atoms with Gasteiger partial charge in [0.15, 0.2) is 0 Å². The number of phenols is 3. The number of ether oxygens (including phenoxy) is 8. The van der Waals surface area contributed by atoms with Gasteiger partial charge >= 0.3 is 17.9 Å². The van der Waals surface area contributed by atoms with Crippen LogP contribution < -0.4 is 14.2 Å². The van der Waals surface area contributed by atoms with Gasteiger partial charge in [0.05, 0.1) is 99.4 Å². The number of rotatable bonds is 19. The fraction of sp³-hybridized carbons (Fsp3) is 0.333. The Hall–Kier alpha value is -10.1. The molecule has 6 heterocycles. The summed E-state index contributed by atoms with van der Waals surface area (Å²) < 4.78 is 69.0. The first-order valence-electron chi connectivity index (χ1n) is 28.7. The van der Waals surface area contributed by atoms with E-state index < -0.39 is 34.1 Å². The van der Waals surface area contributed by atoms with Crippen LogP contribution in [0.2, 0.25) is 5.15 Å². The number of carbonyl (C=O) groups excluding carboxylic acids is 6. The minimum absolute atomic E-state index is 0.0598. The van der Waals surface area contributed by atoms with Gasteiger partial charge in [0.1, 0.15) is 62.8 Å². The maximum atomic E-state index is 12.2. The fourth-order valence-corrected chi connectivity index (χ4v) is 9.22. The van der Waals surface area contributed by atoms with E-state index in [4.69, 9.17) is 54.4 Å². The molecule has 0 radical (unpaired) electrons. The van der Waals surface area contributed by atoms with Crippen molar-refractivity contribution in [2.45, 2.75) is 57.1 Å². The minimum Gasteiger partial charge on any atom is -0.508 e. The number of amides is 3. The summed E-state index contributed by atoms with van der Waals surface area (Å²) >= 11 is 5.55. The zero-order valence-corrected chi connectivity index (χ0v) is 54.1. The Balaban J connectivity index is 0.000000194. The Morgan fingerprint density at radius 2 is 0.872 bits per heavy atom. The number of aromatic hydroxyl groups is 3. The monoisotopic (exact) mass is 1340 g/mol. The van der Waals surface area contributed by atoms with Crippen LogP contribution in [-0.4, -0.2) is 204 Å². The van der Waals surface area contributed by atoms with Crippen molar-refractivity contribution >= 4 is 57.3 Å². The Kier molecular flexibility index (Phi) is 27.6. The van der Waals surface area contributed by atoms with Gasteiger partial charge in [-0.25, -0.2) is 44.3 Å². The molecule has 3 aliphatic heterocycles. The quantitative estimate of drug-likeness (QED) is 0.0400. The van der Waals surface area contributed by atoms with Crippen LogP contribution in [-0.2, 0) is 38.0 Å². The number of hydrogen-bond donors (Lipinski definition) is 3. The number of likely N-dealkylation sites (tertiary alicyclic amines) is 3. The van der Waals surface area contributed by atoms with Gasteiger partial charge in [0, 0.05) is 71.7 Å². The largest absolute Gasteiger partial charge is 0.508 e. The molecule has 4 aromatic carbocycles. The second-order valence-corrected chi connectivity index (χ2v) is 22.4. The highest BCUT2D eigenvalue weighted by atomic mass is 35.5. The summed E-state index contributed by atoms with van der Waals surface area (Å²) in [6, 6.07) is 18.8. The molecule has 94 heavy (non-hydrogen) atoms. The topological polar surface area (TPSA) is 367 Å². The molecule has 3 aliphatic rings. The van der Waals surface area contributed by atoms with Crippen LogP contribution in [0.4, 0.5) is 0 Å². The van der Waals surface area contributed by atoms with E-state index in [1.807, 2.05) is 13.8 Å². The molecule has 31 heteroatoms. The van der Waals surface area contributed by atoms with E-state index in [0.29, 0.717) is 29.0 Å². The van der Waals surface area contributed by atoms with E-state index in [1.165, 1.54) is 114 Å². The number of nitrogens with zero attached hydrogens (tertiary/aromatic N) is 9. The summed E-state index contributed by atoms with van der Waals surface area (Å²) in [5, 5.41) is 27.9. The summed E-state index contributed by atoms with van der Waals surface area (Å²) in [4.78, 5) is 99.4. The molecule has 0 bridgehead atoms. The third-order valence-electron chi connectivity index (χ3n) is 13.1. The number of carbonyl (C=O) groups is 6. The average molecular weight is 1340 g/mol. The number of halogens is 1. The zero-order valence-electron chi connectivity index (χ0n) is 52.5. The molecule has 0 saturated carbocycles. The lowest BCUT2D eigenvalue weighted by Gasteiger charge is -2.30. The maximum Gasteiger partial charge on any atom is 0.338 e. The Morgan fingerprint density at radius 1 is 0.489 bits per heavy atom. The second kappa shape index (κ2) is 35.6. The van der Waals surface area contributed by atoms with E-state index in [9.17, 15) is 42.3 Å². The number of aryl methyl sites for hydroxylation is 1. The molecule has 3 N–H and O–H groups in total. The molecule has 0 unspecified atom stereocenters. The molecule has 0 aliphatic carbocycles. The first kappa shape index (κ1) is 72.9. The Morgan fingerprint density at radius 3 is 1.26 bits per heavy atom. The fourth-order valence-electron chi connectivity index (χ4n) is 8.05. The number of esters is 3. The minimum atomic E-state index is -3.68. The van der Waals surface area contributed by atoms with E-state index in [1.54, 1.807) is 53.0 Å². The molecule has 3 aromatic heterocycles. The van der Waals surface area contributed by atoms with Gasteiger partial charge in [-0.3, -0.25) is 18.6 Å². The van der Waals surface area contributed by atoms with E-state index >= 15 is 0 Å². The molecule has 10 rings (SSSR count). The van der Waals surface area contributed by atoms with Gasteiger partial charge in [0.25, 0.3) is 27.8 Å². The van der Waals surface area contributed by atoms with Gasteiger partial charge in [-0.05, 0) is 88.6 Å². The Labute approximate surface area is 546 Å². The number of methoxy groups -OCH3 is 5. The summed E-state index contributed by atoms with van der Waals surface area (Å²) in [5.74, 6) is -1.32. The molecule has 0 spiro atoms. The van der Waals surface area contributed by atoms with Crippen LogP contribution in [0.3, 0.4) is 0 Å². The predicted octanol–water partition coefficient (Wildman–Crippen LogP) is 7.52. The van der Waals surface area contributed by atoms with Crippen molar-refractivity contribution in [1.82, 2.24) is 44.6 Å². The molecular formula is C63H70ClN9O20S. The smallest absolute Gasteiger partial charge is 0.338 e. The standard InChI is InChI=1S/C20H23N3O6.C16H15N3O5.C11H16O4S.C8H8ClN3O.C8H8O4/c1-13(12-26-2)28-15-7-14(20(25)27-3)8-16(9-15)29-18-11-21-17(10-22-18)19(24)23-5-4-6-23;1-23-16(22)10-5-11(20)7-12(6-10)24-14-9-17-13(8-18-14)15(21)19-3-2-4-19;1-9-4-6-11(7-5-9)16(12,13)15-10(2)8-14-3;9-7-5-10-6(4-11-7)8(13)12-2-1-3-12;1-12-8(11)5-2-6(9)4-7(10)3-5/h7-11,13H,4-6,12H2,1-3H3;5-9,20H,2-4H2,1H3;4-7,10H,8H2,1-3H3;4-5H,1-3H2;2-4,9-10H,1H3/t13-;;10-;;/m0.1../s1. The van der Waals surface area contributed by atoms with Crippen molar-refractivity contribution in [3.8, 4) is 46.3 Å². The van der Waals surface area contributed by atoms with Crippen LogP contribution >= 0.6 is 11.6 Å². The third kappa shape index (κ3) is 22.3. The predicted molar refractivity (Wildman–Crippen MR) is 334 cm³/mol. The molecule has 7 aromatic rings. The lowest BCUT2D eigenvalue weighted by Crippen LogP contribution is -2.42. The number of aromatic nitrogens is 6. The van der Waals surface area contributed by atoms with E-state index in [-0.39, 0.29) is 98.2 Å². The van der Waals surface area contributed by atoms with Crippen molar-refractivity contribution in [3.63, 3.8) is 0 Å². The van der Waals surface area contributed by atoms with Crippen molar-refractivity contribution < 1.29 is 94.6 Å². The first-order chi connectivity index (χ1) is 44.9. The molecule has 3 saturated heterocycles. The highest BCUT2D eigenvalue weighted by molar-refractivity contribution is 7.86. The second-order valence-electron chi connectivity index (χ2n) is 20.5. The van der Waals surface area contributed by atoms with E-state index in [0.717, 1.165) is 70.2 Å². The van der Waals surface area contributed by atoms with Crippen molar-refractivity contribution in [3.05, 3.63) is 161 Å². The van der Waals surface area contributed by atoms with E-state index in [2.05, 4.69) is 39.4 Å². The van der Waals surface area contributed by atoms with Crippen molar-refractivity contribution in [1.29, 1.82) is 0 Å². The number of benzene rings is 4. The SMILES string of the molecule is COC(=O)c1cc(O)cc(O)c1.COC(=O)c1cc(O)cc(Oc2cnc(C(=O)N3CCC3)cn2)c1.COC[C@@H](C)OS(=O)(=O)c1ccc(C)cc1.COC[C@H](C)Oc1cc(Oc2cnc(C(=O)N3CCC3)cn2)cc(C(=O)OC)c1.O=C(c1cnc(Cl)cn1)N1CCC1. The molecule has 29 nitrogen and oxygen atoms in total. The maximum absolute atomic E-state index is 12.2. The summed E-state index contributed by atoms with van der Waals surface area (Å²) in [6.07, 6.45) is 10.5. The van der Waals surface area contributed by atoms with Gasteiger partial charge in [-0.2, -0.15) is 8.42 Å². The number of phenolic OH excluding ortho intramolecular Hbond substituents is 3. The van der Waals surface area contributed by atoms with Crippen LogP contribution in [0, 0.1) is 6.92 Å². The molecule has 3 amide bonds. The van der Waals surface area contributed by atoms with Crippen LogP contribution in [0.25, 0.3) is 0 Å². The summed E-state index contributed by atoms with van der Waals surface area (Å²) in [6.45, 7) is 10.6. The van der Waals surface area contributed by atoms with Crippen LogP contribution in [0.5, 0.6) is 46.3 Å². The summed E-state index contributed by atoms with van der Waals surface area (Å²) in [7, 11) is 3.16.